The Morgan fingerprint density at radius 1 is 1.12 bits per heavy atom. The van der Waals surface area contributed by atoms with Crippen molar-refractivity contribution in [3.05, 3.63) is 35.4 Å². The van der Waals surface area contributed by atoms with Crippen LogP contribution in [0.1, 0.15) is 33.6 Å². The van der Waals surface area contributed by atoms with E-state index in [9.17, 15) is 31.2 Å². The Morgan fingerprint density at radius 2 is 1.71 bits per heavy atom. The van der Waals surface area contributed by atoms with Gasteiger partial charge in [0.2, 0.25) is 5.78 Å². The summed E-state index contributed by atoms with van der Waals surface area (Å²) in [5.41, 5.74) is -5.71. The predicted molar refractivity (Wildman–Crippen MR) is 84.4 cm³/mol. The van der Waals surface area contributed by atoms with Gasteiger partial charge in [-0.05, 0) is 35.9 Å². The smallest absolute Gasteiger partial charge is 0.289 e. The van der Waals surface area contributed by atoms with Crippen LogP contribution in [0.3, 0.4) is 0 Å². The summed E-state index contributed by atoms with van der Waals surface area (Å²) in [6, 6.07) is 5.05. The molecule has 1 aliphatic rings. The Morgan fingerprint density at radius 3 is 2.29 bits per heavy atom. The second-order valence-electron chi connectivity index (χ2n) is 5.26. The van der Waals surface area contributed by atoms with Crippen LogP contribution in [-0.4, -0.2) is 42.9 Å². The Kier molecular flexibility index (Phi) is 5.59. The zero-order valence-electron chi connectivity index (χ0n) is 12.4. The van der Waals surface area contributed by atoms with Gasteiger partial charge in [-0.1, -0.05) is 12.1 Å². The largest absolute Gasteiger partial charge is 0.516 e. The summed E-state index contributed by atoms with van der Waals surface area (Å²) < 4.78 is 59.7. The molecule has 0 spiro atoms. The van der Waals surface area contributed by atoms with E-state index in [4.69, 9.17) is 0 Å². The second-order valence-corrected chi connectivity index (χ2v) is 9.26. The number of sulfonamides is 1. The molecule has 1 saturated heterocycles. The summed E-state index contributed by atoms with van der Waals surface area (Å²) in [6.45, 7) is 0. The van der Waals surface area contributed by atoms with Gasteiger partial charge in [0.1, 0.15) is 11.5 Å². The molecule has 0 atom stereocenters. The van der Waals surface area contributed by atoms with Crippen molar-refractivity contribution in [2.24, 2.45) is 0 Å². The van der Waals surface area contributed by atoms with Crippen molar-refractivity contribution in [1.29, 1.82) is 0 Å². The van der Waals surface area contributed by atoms with Gasteiger partial charge < -0.3 is 0 Å². The SMILES string of the molecule is O=C(C[S+]1CCCC1)c1cccc(C(=O)NS(=O)(=O)C(F)(F)F)c1. The van der Waals surface area contributed by atoms with Gasteiger partial charge in [0.25, 0.3) is 5.91 Å². The first-order valence-corrected chi connectivity index (χ1v) is 10.2. The topological polar surface area (TPSA) is 80.3 Å². The molecule has 1 fully saturated rings. The maximum Gasteiger partial charge on any atom is 0.516 e. The van der Waals surface area contributed by atoms with Crippen molar-refractivity contribution in [3.63, 3.8) is 0 Å². The number of hydrogen-bond acceptors (Lipinski definition) is 4. The number of benzene rings is 1. The normalized spacial score (nSPS) is 16.1. The fraction of sp³-hybridized carbons (Fsp3) is 0.429. The Balaban J connectivity index is 2.12. The van der Waals surface area contributed by atoms with E-state index < -0.39 is 21.4 Å². The Hall–Kier alpha value is -1.55. The average Bonchev–Trinajstić information content (AvgIpc) is 2.98. The molecule has 0 radical (unpaired) electrons. The molecule has 1 heterocycles. The lowest BCUT2D eigenvalue weighted by Crippen LogP contribution is -2.40. The van der Waals surface area contributed by atoms with Crippen molar-refractivity contribution in [2.75, 3.05) is 17.3 Å². The quantitative estimate of drug-likeness (QED) is 0.623. The van der Waals surface area contributed by atoms with Gasteiger partial charge in [-0.25, -0.2) is 4.72 Å². The molecule has 2 rings (SSSR count). The third-order valence-corrected chi connectivity index (χ3v) is 6.90. The summed E-state index contributed by atoms with van der Waals surface area (Å²) in [4.78, 5) is 23.9. The minimum absolute atomic E-state index is 0.00242. The van der Waals surface area contributed by atoms with Gasteiger partial charge in [0.05, 0.1) is 0 Å². The minimum atomic E-state index is -5.78. The van der Waals surface area contributed by atoms with Gasteiger partial charge in [-0.15, -0.1) is 0 Å². The molecule has 5 nitrogen and oxygen atoms in total. The van der Waals surface area contributed by atoms with E-state index in [2.05, 4.69) is 0 Å². The van der Waals surface area contributed by atoms with Crippen LogP contribution >= 0.6 is 0 Å². The number of halogens is 3. The molecule has 0 saturated carbocycles. The number of ketones is 1. The summed E-state index contributed by atoms with van der Waals surface area (Å²) in [7, 11) is -5.78. The lowest BCUT2D eigenvalue weighted by atomic mass is 10.1. The molecule has 0 bridgehead atoms. The highest BCUT2D eigenvalue weighted by atomic mass is 32.2. The molecule has 1 N–H and O–H groups in total. The summed E-state index contributed by atoms with van der Waals surface area (Å²) in [5.74, 6) is 0.677. The van der Waals surface area contributed by atoms with Crippen LogP contribution in [0.15, 0.2) is 24.3 Å². The average molecular weight is 382 g/mol. The van der Waals surface area contributed by atoms with Crippen LogP contribution < -0.4 is 4.72 Å². The monoisotopic (exact) mass is 382 g/mol. The van der Waals surface area contributed by atoms with Crippen molar-refractivity contribution in [2.45, 2.75) is 18.3 Å². The zero-order chi connectivity index (χ0) is 18.0. The molecular formula is C14H15F3NO4S2+. The molecule has 1 amide bonds. The summed E-state index contributed by atoms with van der Waals surface area (Å²) in [6.07, 6.45) is 2.16. The van der Waals surface area contributed by atoms with Crippen molar-refractivity contribution in [1.82, 2.24) is 4.72 Å². The maximum absolute atomic E-state index is 12.3. The van der Waals surface area contributed by atoms with E-state index in [0.29, 0.717) is 5.75 Å². The van der Waals surface area contributed by atoms with Crippen molar-refractivity contribution < 1.29 is 31.2 Å². The molecule has 1 aromatic rings. The molecule has 0 aliphatic carbocycles. The van der Waals surface area contributed by atoms with E-state index in [1.54, 1.807) is 0 Å². The Bertz CT molecular complexity index is 741. The van der Waals surface area contributed by atoms with Crippen LogP contribution in [0.2, 0.25) is 0 Å². The molecule has 0 aromatic heterocycles. The van der Waals surface area contributed by atoms with Crippen LogP contribution in [-0.2, 0) is 20.9 Å². The van der Waals surface area contributed by atoms with Crippen LogP contribution in [0.5, 0.6) is 0 Å². The van der Waals surface area contributed by atoms with Crippen LogP contribution in [0.4, 0.5) is 13.2 Å². The van der Waals surface area contributed by atoms with Gasteiger partial charge in [0, 0.05) is 11.1 Å². The summed E-state index contributed by atoms with van der Waals surface area (Å²) in [5, 5.41) is 0. The number of hydrogen-bond donors (Lipinski definition) is 1. The first kappa shape index (κ1) is 18.8. The molecule has 24 heavy (non-hydrogen) atoms. The molecule has 1 aliphatic heterocycles. The van der Waals surface area contributed by atoms with E-state index in [-0.39, 0.29) is 27.8 Å². The van der Waals surface area contributed by atoms with Gasteiger partial charge >= 0.3 is 15.5 Å². The fourth-order valence-electron chi connectivity index (χ4n) is 2.20. The highest BCUT2D eigenvalue weighted by Gasteiger charge is 2.47. The number of nitrogens with one attached hydrogen (secondary N) is 1. The highest BCUT2D eigenvalue weighted by molar-refractivity contribution is 7.97. The van der Waals surface area contributed by atoms with Gasteiger partial charge in [0.15, 0.2) is 5.75 Å². The number of carbonyl (C=O) groups is 2. The maximum atomic E-state index is 12.3. The highest BCUT2D eigenvalue weighted by Crippen LogP contribution is 2.22. The molecule has 132 valence electrons. The molecule has 0 unspecified atom stereocenters. The number of Topliss-reactive ketones (excluding diaryl/α,β-unsaturated/α-hetero) is 1. The minimum Gasteiger partial charge on any atom is -0.289 e. The third kappa shape index (κ3) is 4.50. The van der Waals surface area contributed by atoms with Gasteiger partial charge in [-0.2, -0.15) is 21.6 Å². The second kappa shape index (κ2) is 7.14. The van der Waals surface area contributed by atoms with Crippen molar-refractivity contribution >= 4 is 32.6 Å². The lowest BCUT2D eigenvalue weighted by molar-refractivity contribution is -0.0446. The standard InChI is InChI=1S/C14H14F3NO4S2/c15-14(16,17)24(21,22)18-13(20)11-5-3-4-10(8-11)12(19)9-23-6-1-2-7-23/h3-5,8H,1-2,6-7,9H2/p+1. The first-order chi connectivity index (χ1) is 11.1. The van der Waals surface area contributed by atoms with Crippen molar-refractivity contribution in [3.8, 4) is 0 Å². The Labute approximate surface area is 140 Å². The van der Waals surface area contributed by atoms with Crippen LogP contribution in [0.25, 0.3) is 0 Å². The summed E-state index contributed by atoms with van der Waals surface area (Å²) >= 11 is 0. The molecule has 10 heteroatoms. The number of carbonyl (C=O) groups excluding carboxylic acids is 2. The lowest BCUT2D eigenvalue weighted by Gasteiger charge is -2.10. The van der Waals surface area contributed by atoms with E-state index in [1.807, 2.05) is 0 Å². The van der Waals surface area contributed by atoms with E-state index in [0.717, 1.165) is 41.2 Å². The zero-order valence-corrected chi connectivity index (χ0v) is 14.1. The first-order valence-electron chi connectivity index (χ1n) is 7.01. The predicted octanol–water partition coefficient (Wildman–Crippen LogP) is 1.86. The fourth-order valence-corrected chi connectivity index (χ4v) is 4.93. The van der Waals surface area contributed by atoms with Gasteiger partial charge in [-0.3, -0.25) is 9.59 Å². The van der Waals surface area contributed by atoms with E-state index >= 15 is 0 Å². The van der Waals surface area contributed by atoms with E-state index in [1.165, 1.54) is 12.1 Å². The van der Waals surface area contributed by atoms with Crippen LogP contribution in [0, 0.1) is 0 Å². The number of alkyl halides is 3. The number of amides is 1. The molecule has 1 aromatic carbocycles. The number of rotatable bonds is 5. The third-order valence-electron chi connectivity index (χ3n) is 3.43. The molecular weight excluding hydrogens is 367 g/mol.